The lowest BCUT2D eigenvalue weighted by Gasteiger charge is -2.38. The predicted octanol–water partition coefficient (Wildman–Crippen LogP) is 2.91. The summed E-state index contributed by atoms with van der Waals surface area (Å²) in [6.45, 7) is 13.2. The van der Waals surface area contributed by atoms with Gasteiger partial charge in [0.2, 0.25) is 0 Å². The molecule has 0 spiro atoms. The minimum atomic E-state index is -2.07. The molecular formula is C10H26O3Si2. The molecule has 0 heterocycles. The highest BCUT2D eigenvalue weighted by Crippen LogP contribution is 2.36. The summed E-state index contributed by atoms with van der Waals surface area (Å²) in [5.74, 6) is 0. The van der Waals surface area contributed by atoms with E-state index in [0.29, 0.717) is 6.23 Å². The lowest BCUT2D eigenvalue weighted by molar-refractivity contribution is 0.205. The minimum absolute atomic E-state index is 0.240. The number of hydrogen-bond acceptors (Lipinski definition) is 3. The summed E-state index contributed by atoms with van der Waals surface area (Å²) in [4.78, 5) is 0. The van der Waals surface area contributed by atoms with E-state index in [1.165, 1.54) is 0 Å². The van der Waals surface area contributed by atoms with Crippen LogP contribution in [0.3, 0.4) is 0 Å². The molecule has 15 heavy (non-hydrogen) atoms. The lowest BCUT2D eigenvalue weighted by Crippen LogP contribution is -2.49. The van der Waals surface area contributed by atoms with Crippen molar-refractivity contribution in [2.24, 2.45) is 0 Å². The Bertz CT molecular complexity index is 195. The zero-order valence-corrected chi connectivity index (χ0v) is 13.4. The molecule has 0 fully saturated rings. The largest absolute Gasteiger partial charge is 0.415 e. The fraction of sp³-hybridized carbons (Fsp3) is 1.00. The summed E-state index contributed by atoms with van der Waals surface area (Å²) in [5.41, 5.74) is 0. The fourth-order valence-corrected chi connectivity index (χ4v) is 4.06. The van der Waals surface area contributed by atoms with Crippen molar-refractivity contribution in [1.29, 1.82) is 0 Å². The smallest absolute Gasteiger partial charge is 0.359 e. The van der Waals surface area contributed by atoms with E-state index < -0.39 is 16.9 Å². The zero-order valence-electron chi connectivity index (χ0n) is 11.4. The van der Waals surface area contributed by atoms with Crippen LogP contribution in [0.1, 0.15) is 20.8 Å². The molecule has 0 unspecified atom stereocenters. The number of rotatable bonds is 5. The van der Waals surface area contributed by atoms with Gasteiger partial charge in [0.1, 0.15) is 0 Å². The fourth-order valence-electron chi connectivity index (χ4n) is 0.729. The second kappa shape index (κ2) is 5.10. The normalized spacial score (nSPS) is 14.4. The quantitative estimate of drug-likeness (QED) is 0.702. The maximum absolute atomic E-state index is 6.09. The third-order valence-electron chi connectivity index (χ3n) is 3.36. The van der Waals surface area contributed by atoms with Crippen molar-refractivity contribution in [3.05, 3.63) is 0 Å². The standard InChI is InChI=1S/C10H26O3Si2/c1-10(2,3)14(6,7)13-9-15(8,11-4)12-5/h9H2,1-8H3. The van der Waals surface area contributed by atoms with Crippen molar-refractivity contribution in [3.63, 3.8) is 0 Å². The van der Waals surface area contributed by atoms with Gasteiger partial charge in [0, 0.05) is 14.2 Å². The average molecular weight is 250 g/mol. The Morgan fingerprint density at radius 3 is 1.60 bits per heavy atom. The molecule has 0 bridgehead atoms. The maximum Gasteiger partial charge on any atom is 0.359 e. The molecule has 92 valence electrons. The summed E-state index contributed by atoms with van der Waals surface area (Å²) in [6, 6.07) is 0. The van der Waals surface area contributed by atoms with Crippen LogP contribution >= 0.6 is 0 Å². The van der Waals surface area contributed by atoms with E-state index in [1.54, 1.807) is 14.2 Å². The van der Waals surface area contributed by atoms with Crippen molar-refractivity contribution in [1.82, 2.24) is 0 Å². The zero-order chi connectivity index (χ0) is 12.3. The molecule has 0 aromatic rings. The predicted molar refractivity (Wildman–Crippen MR) is 68.8 cm³/mol. The van der Waals surface area contributed by atoms with Crippen LogP contribution in [0.2, 0.25) is 24.7 Å². The molecule has 0 saturated heterocycles. The minimum Gasteiger partial charge on any atom is -0.415 e. The Labute approximate surface area is 96.5 Å². The first kappa shape index (κ1) is 15.3. The maximum atomic E-state index is 6.09. The van der Waals surface area contributed by atoms with Crippen molar-refractivity contribution in [2.75, 3.05) is 20.4 Å². The van der Waals surface area contributed by atoms with E-state index in [9.17, 15) is 0 Å². The Morgan fingerprint density at radius 2 is 1.33 bits per heavy atom. The van der Waals surface area contributed by atoms with E-state index >= 15 is 0 Å². The second-order valence-electron chi connectivity index (χ2n) is 5.59. The molecule has 0 aromatic heterocycles. The van der Waals surface area contributed by atoms with E-state index in [1.807, 2.05) is 6.55 Å². The molecule has 0 atom stereocenters. The highest BCUT2D eigenvalue weighted by Gasteiger charge is 2.40. The third-order valence-corrected chi connectivity index (χ3v) is 10.5. The van der Waals surface area contributed by atoms with Crippen LogP contribution in [-0.2, 0) is 13.3 Å². The Morgan fingerprint density at radius 1 is 0.933 bits per heavy atom. The van der Waals surface area contributed by atoms with E-state index in [4.69, 9.17) is 13.3 Å². The molecule has 0 rings (SSSR count). The summed E-state index contributed by atoms with van der Waals surface area (Å²) in [7, 11) is -0.348. The molecular weight excluding hydrogens is 224 g/mol. The van der Waals surface area contributed by atoms with Crippen LogP contribution in [0.25, 0.3) is 0 Å². The SMILES string of the molecule is CO[Si](C)(CO[Si](C)(C)C(C)(C)C)OC. The van der Waals surface area contributed by atoms with Crippen molar-refractivity contribution >= 4 is 16.9 Å². The third kappa shape index (κ3) is 4.36. The monoisotopic (exact) mass is 250 g/mol. The molecule has 0 N–H and O–H groups in total. The van der Waals surface area contributed by atoms with Gasteiger partial charge in [-0.15, -0.1) is 0 Å². The van der Waals surface area contributed by atoms with E-state index in [-0.39, 0.29) is 5.04 Å². The molecule has 0 aliphatic rings. The molecule has 0 radical (unpaired) electrons. The van der Waals surface area contributed by atoms with Gasteiger partial charge >= 0.3 is 8.56 Å². The van der Waals surface area contributed by atoms with Gasteiger partial charge in [-0.2, -0.15) is 0 Å². The van der Waals surface area contributed by atoms with Crippen LogP contribution < -0.4 is 0 Å². The van der Waals surface area contributed by atoms with Crippen molar-refractivity contribution in [3.8, 4) is 0 Å². The summed E-state index contributed by atoms with van der Waals surface area (Å²) < 4.78 is 16.9. The highest BCUT2D eigenvalue weighted by molar-refractivity contribution is 6.75. The van der Waals surface area contributed by atoms with Crippen LogP contribution in [0.5, 0.6) is 0 Å². The van der Waals surface area contributed by atoms with Gasteiger partial charge in [0.15, 0.2) is 8.32 Å². The Hall–Kier alpha value is 0.314. The Balaban J connectivity index is 4.38. The molecule has 0 saturated carbocycles. The molecule has 0 aliphatic heterocycles. The highest BCUT2D eigenvalue weighted by atomic mass is 28.4. The summed E-state index contributed by atoms with van der Waals surface area (Å²) in [5, 5.41) is 0.240. The van der Waals surface area contributed by atoms with Crippen molar-refractivity contribution < 1.29 is 13.3 Å². The summed E-state index contributed by atoms with van der Waals surface area (Å²) in [6.07, 6.45) is 0.622. The number of hydrogen-bond donors (Lipinski definition) is 0. The van der Waals surface area contributed by atoms with Crippen molar-refractivity contribution in [2.45, 2.75) is 45.5 Å². The van der Waals surface area contributed by atoms with Gasteiger partial charge in [-0.1, -0.05) is 20.8 Å². The van der Waals surface area contributed by atoms with Gasteiger partial charge in [-0.05, 0) is 24.7 Å². The van der Waals surface area contributed by atoms with E-state index in [2.05, 4.69) is 33.9 Å². The summed E-state index contributed by atoms with van der Waals surface area (Å²) >= 11 is 0. The van der Waals surface area contributed by atoms with Gasteiger partial charge in [0.25, 0.3) is 0 Å². The van der Waals surface area contributed by atoms with Crippen LogP contribution in [0.15, 0.2) is 0 Å². The van der Waals surface area contributed by atoms with Crippen LogP contribution in [0.4, 0.5) is 0 Å². The first-order valence-electron chi connectivity index (χ1n) is 5.32. The first-order chi connectivity index (χ1) is 6.58. The van der Waals surface area contributed by atoms with Gasteiger partial charge in [-0.3, -0.25) is 0 Å². The first-order valence-corrected chi connectivity index (χ1v) is 10.8. The van der Waals surface area contributed by atoms with Crippen LogP contribution in [0, 0.1) is 0 Å². The van der Waals surface area contributed by atoms with Gasteiger partial charge in [-0.25, -0.2) is 0 Å². The molecule has 3 nitrogen and oxygen atoms in total. The second-order valence-corrected chi connectivity index (χ2v) is 13.8. The van der Waals surface area contributed by atoms with Gasteiger partial charge < -0.3 is 13.3 Å². The molecule has 5 heteroatoms. The Kier molecular flexibility index (Phi) is 5.20. The van der Waals surface area contributed by atoms with Gasteiger partial charge in [0.05, 0.1) is 6.23 Å². The molecule has 0 aliphatic carbocycles. The van der Waals surface area contributed by atoms with E-state index in [0.717, 1.165) is 0 Å². The lowest BCUT2D eigenvalue weighted by atomic mass is 10.2. The van der Waals surface area contributed by atoms with Crippen LogP contribution in [-0.4, -0.2) is 37.3 Å². The average Bonchev–Trinajstić information content (AvgIpc) is 2.13. The topological polar surface area (TPSA) is 27.7 Å². The molecule has 0 aromatic carbocycles. The molecule has 0 amide bonds.